The molecule has 0 aromatic heterocycles. The van der Waals surface area contributed by atoms with Gasteiger partial charge in [-0.25, -0.2) is 0 Å². The molecule has 2 amide bonds. The van der Waals surface area contributed by atoms with Crippen LogP contribution in [0.3, 0.4) is 0 Å². The number of esters is 1. The molecule has 0 aliphatic rings. The van der Waals surface area contributed by atoms with Crippen LogP contribution in [-0.2, 0) is 20.7 Å². The maximum atomic E-state index is 12.5. The first-order valence-electron chi connectivity index (χ1n) is 10.7. The van der Waals surface area contributed by atoms with Crippen molar-refractivity contribution in [2.24, 2.45) is 0 Å². The van der Waals surface area contributed by atoms with Gasteiger partial charge < -0.3 is 15.4 Å². The Morgan fingerprint density at radius 2 is 1.55 bits per heavy atom. The van der Waals surface area contributed by atoms with Crippen molar-refractivity contribution in [2.75, 3.05) is 11.9 Å². The summed E-state index contributed by atoms with van der Waals surface area (Å²) < 4.78 is 5.24. The van der Waals surface area contributed by atoms with Gasteiger partial charge in [0.1, 0.15) is 0 Å². The lowest BCUT2D eigenvalue weighted by atomic mass is 10.1. The molecule has 0 saturated heterocycles. The van der Waals surface area contributed by atoms with Gasteiger partial charge in [0.25, 0.3) is 5.91 Å². The number of amides is 2. The van der Waals surface area contributed by atoms with E-state index in [1.165, 1.54) is 5.56 Å². The summed E-state index contributed by atoms with van der Waals surface area (Å²) in [5, 5.41) is 5.66. The Labute approximate surface area is 184 Å². The minimum absolute atomic E-state index is 0.175. The van der Waals surface area contributed by atoms with E-state index in [0.717, 1.165) is 12.8 Å². The molecular formula is C25H32N2O4. The molecule has 2 aromatic rings. The molecule has 0 aliphatic heterocycles. The Morgan fingerprint density at radius 1 is 0.871 bits per heavy atom. The minimum atomic E-state index is -0.379. The molecule has 0 heterocycles. The fourth-order valence-electron chi connectivity index (χ4n) is 2.98. The van der Waals surface area contributed by atoms with E-state index in [0.29, 0.717) is 24.3 Å². The zero-order valence-corrected chi connectivity index (χ0v) is 18.6. The monoisotopic (exact) mass is 424 g/mol. The Hall–Kier alpha value is -3.15. The van der Waals surface area contributed by atoms with E-state index in [4.69, 9.17) is 4.74 Å². The molecule has 31 heavy (non-hydrogen) atoms. The lowest BCUT2D eigenvalue weighted by Gasteiger charge is -2.21. The van der Waals surface area contributed by atoms with Crippen LogP contribution in [-0.4, -0.2) is 29.9 Å². The number of carbonyl (C=O) groups excluding carboxylic acids is 3. The zero-order valence-electron chi connectivity index (χ0n) is 18.6. The smallest absolute Gasteiger partial charge is 0.305 e. The highest BCUT2D eigenvalue weighted by atomic mass is 16.5. The zero-order chi connectivity index (χ0) is 22.7. The third-order valence-corrected chi connectivity index (χ3v) is 4.43. The van der Waals surface area contributed by atoms with Crippen molar-refractivity contribution in [1.29, 1.82) is 0 Å². The quantitative estimate of drug-likeness (QED) is 0.434. The second-order valence-corrected chi connectivity index (χ2v) is 8.46. The maximum absolute atomic E-state index is 12.5. The summed E-state index contributed by atoms with van der Waals surface area (Å²) in [6, 6.07) is 16.9. The highest BCUT2D eigenvalue weighted by molar-refractivity contribution is 6.04. The van der Waals surface area contributed by atoms with Crippen LogP contribution in [0.2, 0.25) is 0 Å². The molecule has 2 N–H and O–H groups in total. The third-order valence-electron chi connectivity index (χ3n) is 4.43. The van der Waals surface area contributed by atoms with Crippen molar-refractivity contribution in [3.05, 3.63) is 65.7 Å². The number of aryl methyl sites for hydroxylation is 1. The fourth-order valence-corrected chi connectivity index (χ4v) is 2.98. The number of anilines is 1. The van der Waals surface area contributed by atoms with E-state index < -0.39 is 0 Å². The van der Waals surface area contributed by atoms with Crippen LogP contribution in [0.25, 0.3) is 0 Å². The van der Waals surface area contributed by atoms with Crippen LogP contribution in [0.4, 0.5) is 5.69 Å². The highest BCUT2D eigenvalue weighted by Gasteiger charge is 2.18. The summed E-state index contributed by atoms with van der Waals surface area (Å²) in [4.78, 5) is 36.6. The van der Waals surface area contributed by atoms with E-state index >= 15 is 0 Å². The second kappa shape index (κ2) is 11.9. The van der Waals surface area contributed by atoms with Gasteiger partial charge in [-0.2, -0.15) is 0 Å². The summed E-state index contributed by atoms with van der Waals surface area (Å²) >= 11 is 0. The molecule has 0 atom stereocenters. The molecule has 0 unspecified atom stereocenters. The summed E-state index contributed by atoms with van der Waals surface area (Å²) in [6.07, 6.45) is 2.38. The molecule has 0 aliphatic carbocycles. The summed E-state index contributed by atoms with van der Waals surface area (Å²) in [5.41, 5.74) is 1.70. The predicted octanol–water partition coefficient (Wildman–Crippen LogP) is 4.50. The fraction of sp³-hybridized carbons (Fsp3) is 0.400. The van der Waals surface area contributed by atoms with Gasteiger partial charge in [0, 0.05) is 18.4 Å². The van der Waals surface area contributed by atoms with Gasteiger partial charge in [0.05, 0.1) is 17.9 Å². The number of carbonyl (C=O) groups is 3. The largest absolute Gasteiger partial charge is 0.466 e. The number of nitrogens with one attached hydrogen (secondary N) is 2. The molecule has 166 valence electrons. The van der Waals surface area contributed by atoms with Crippen LogP contribution < -0.4 is 10.6 Å². The number of hydrogen-bond acceptors (Lipinski definition) is 4. The molecule has 0 spiro atoms. The molecule has 0 radical (unpaired) electrons. The topological polar surface area (TPSA) is 84.5 Å². The highest BCUT2D eigenvalue weighted by Crippen LogP contribution is 2.17. The van der Waals surface area contributed by atoms with Crippen molar-refractivity contribution in [3.8, 4) is 0 Å². The van der Waals surface area contributed by atoms with Gasteiger partial charge >= 0.3 is 5.97 Å². The number of para-hydroxylation sites is 1. The van der Waals surface area contributed by atoms with E-state index in [1.54, 1.807) is 24.3 Å². The number of hydrogen-bond donors (Lipinski definition) is 2. The van der Waals surface area contributed by atoms with Gasteiger partial charge in [-0.3, -0.25) is 14.4 Å². The molecule has 0 saturated carbocycles. The van der Waals surface area contributed by atoms with Crippen molar-refractivity contribution in [2.45, 2.75) is 58.4 Å². The second-order valence-electron chi connectivity index (χ2n) is 8.46. The number of rotatable bonds is 10. The average Bonchev–Trinajstić information content (AvgIpc) is 2.71. The first-order chi connectivity index (χ1) is 14.7. The molecule has 0 bridgehead atoms. The van der Waals surface area contributed by atoms with E-state index in [9.17, 15) is 14.4 Å². The van der Waals surface area contributed by atoms with Crippen LogP contribution in [0.5, 0.6) is 0 Å². The average molecular weight is 425 g/mol. The minimum Gasteiger partial charge on any atom is -0.466 e. The normalized spacial score (nSPS) is 10.9. The van der Waals surface area contributed by atoms with Crippen LogP contribution >= 0.6 is 0 Å². The number of ether oxygens (including phenoxy) is 1. The lowest BCUT2D eigenvalue weighted by molar-refractivity contribution is -0.143. The summed E-state index contributed by atoms with van der Waals surface area (Å²) in [7, 11) is 0. The van der Waals surface area contributed by atoms with Crippen LogP contribution in [0.15, 0.2) is 54.6 Å². The molecule has 6 nitrogen and oxygen atoms in total. The van der Waals surface area contributed by atoms with Gasteiger partial charge in [0.2, 0.25) is 5.91 Å². The van der Waals surface area contributed by atoms with Gasteiger partial charge in [-0.15, -0.1) is 0 Å². The molecule has 6 heteroatoms. The third kappa shape index (κ3) is 9.47. The van der Waals surface area contributed by atoms with Gasteiger partial charge in [-0.1, -0.05) is 42.5 Å². The number of benzene rings is 2. The maximum Gasteiger partial charge on any atom is 0.305 e. The molecule has 2 rings (SSSR count). The van der Waals surface area contributed by atoms with E-state index in [-0.39, 0.29) is 36.2 Å². The van der Waals surface area contributed by atoms with Crippen molar-refractivity contribution >= 4 is 23.5 Å². The molecule has 2 aromatic carbocycles. The molecule has 0 fully saturated rings. The summed E-state index contributed by atoms with van der Waals surface area (Å²) in [5.74, 6) is -0.791. The van der Waals surface area contributed by atoms with E-state index in [1.807, 2.05) is 51.1 Å². The van der Waals surface area contributed by atoms with Crippen molar-refractivity contribution in [3.63, 3.8) is 0 Å². The Balaban J connectivity index is 1.70. The van der Waals surface area contributed by atoms with Crippen molar-refractivity contribution < 1.29 is 19.1 Å². The standard InChI is InChI=1S/C25H32N2O4/c1-25(2,3)27-24(30)20-14-7-8-15-21(20)26-22(28)16-9-17-23(29)31-18-10-13-19-11-5-4-6-12-19/h4-8,11-12,14-15H,9-10,13,16-18H2,1-3H3,(H,26,28)(H,27,30). The van der Waals surface area contributed by atoms with Gasteiger partial charge in [0.15, 0.2) is 0 Å². The van der Waals surface area contributed by atoms with Crippen molar-refractivity contribution in [1.82, 2.24) is 5.32 Å². The van der Waals surface area contributed by atoms with Crippen LogP contribution in [0.1, 0.15) is 62.4 Å². The first-order valence-corrected chi connectivity index (χ1v) is 10.7. The Bertz CT molecular complexity index is 873. The SMILES string of the molecule is CC(C)(C)NC(=O)c1ccccc1NC(=O)CCCC(=O)OCCCc1ccccc1. The summed E-state index contributed by atoms with van der Waals surface area (Å²) in [6.45, 7) is 6.06. The Kier molecular flexibility index (Phi) is 9.25. The van der Waals surface area contributed by atoms with E-state index in [2.05, 4.69) is 10.6 Å². The predicted molar refractivity (Wildman–Crippen MR) is 122 cm³/mol. The van der Waals surface area contributed by atoms with Crippen LogP contribution in [0, 0.1) is 0 Å². The molecular weight excluding hydrogens is 392 g/mol. The first kappa shape index (κ1) is 24.1. The Morgan fingerprint density at radius 3 is 2.26 bits per heavy atom. The van der Waals surface area contributed by atoms with Gasteiger partial charge in [-0.05, 0) is 57.7 Å². The lowest BCUT2D eigenvalue weighted by Crippen LogP contribution is -2.40.